The molecule has 4 heteroatoms. The predicted molar refractivity (Wildman–Crippen MR) is 57.4 cm³/mol. The molecule has 0 aliphatic heterocycles. The molecule has 1 aromatic rings. The first-order valence-electron chi connectivity index (χ1n) is 4.05. The largest absolute Gasteiger partial charge is 0.496 e. The van der Waals surface area contributed by atoms with Crippen molar-refractivity contribution >= 4 is 12.4 Å². The molecule has 0 spiro atoms. The van der Waals surface area contributed by atoms with Crippen LogP contribution >= 0.6 is 12.4 Å². The summed E-state index contributed by atoms with van der Waals surface area (Å²) in [5.41, 5.74) is 6.66. The van der Waals surface area contributed by atoms with E-state index < -0.39 is 0 Å². The first-order chi connectivity index (χ1) is 6.29. The van der Waals surface area contributed by atoms with Crippen LogP contribution in [0.1, 0.15) is 18.0 Å². The van der Waals surface area contributed by atoms with Gasteiger partial charge in [0, 0.05) is 11.6 Å². The second kappa shape index (κ2) is 6.25. The predicted octanol–water partition coefficient (Wildman–Crippen LogP) is 2.03. The normalized spacial score (nSPS) is 10.9. The van der Waals surface area contributed by atoms with Crippen molar-refractivity contribution < 1.29 is 4.74 Å². The van der Waals surface area contributed by atoms with E-state index in [9.17, 15) is 0 Å². The van der Waals surface area contributed by atoms with Gasteiger partial charge in [-0.2, -0.15) is 5.26 Å². The van der Waals surface area contributed by atoms with Crippen LogP contribution in [0.3, 0.4) is 0 Å². The first-order valence-corrected chi connectivity index (χ1v) is 4.05. The number of nitriles is 1. The Hall–Kier alpha value is -1.24. The number of methoxy groups -OCH3 is 1. The molecule has 0 aliphatic carbocycles. The van der Waals surface area contributed by atoms with Crippen molar-refractivity contribution in [1.82, 2.24) is 0 Å². The number of benzene rings is 1. The van der Waals surface area contributed by atoms with E-state index in [1.165, 1.54) is 0 Å². The molecule has 3 nitrogen and oxygen atoms in total. The van der Waals surface area contributed by atoms with Gasteiger partial charge < -0.3 is 10.5 Å². The lowest BCUT2D eigenvalue weighted by molar-refractivity contribution is 0.406. The first kappa shape index (κ1) is 12.8. The van der Waals surface area contributed by atoms with E-state index in [1.807, 2.05) is 30.3 Å². The van der Waals surface area contributed by atoms with Crippen molar-refractivity contribution in [2.75, 3.05) is 7.11 Å². The summed E-state index contributed by atoms with van der Waals surface area (Å²) < 4.78 is 5.12. The number of rotatable bonds is 3. The second-order valence-electron chi connectivity index (χ2n) is 2.71. The highest BCUT2D eigenvalue weighted by atomic mass is 35.5. The molecule has 14 heavy (non-hydrogen) atoms. The Morgan fingerprint density at radius 3 is 2.71 bits per heavy atom. The van der Waals surface area contributed by atoms with Crippen LogP contribution in [0.4, 0.5) is 0 Å². The van der Waals surface area contributed by atoms with Crippen molar-refractivity contribution in [3.8, 4) is 11.8 Å². The standard InChI is InChI=1S/C10H12N2O.ClH/c1-13-10-5-3-2-4-8(10)9(12)6-7-11;/h2-5,9H,6,12H2,1H3;1H/t9-;/m1./s1. The van der Waals surface area contributed by atoms with E-state index in [0.29, 0.717) is 6.42 Å². The Balaban J connectivity index is 0.00000169. The summed E-state index contributed by atoms with van der Waals surface area (Å²) >= 11 is 0. The summed E-state index contributed by atoms with van der Waals surface area (Å²) in [4.78, 5) is 0. The number of nitrogens with two attached hydrogens (primary N) is 1. The summed E-state index contributed by atoms with van der Waals surface area (Å²) in [6.45, 7) is 0. The molecule has 0 saturated heterocycles. The molecule has 0 unspecified atom stereocenters. The average Bonchev–Trinajstić information content (AvgIpc) is 2.18. The van der Waals surface area contributed by atoms with Gasteiger partial charge in [-0.05, 0) is 6.07 Å². The molecule has 0 saturated carbocycles. The van der Waals surface area contributed by atoms with Crippen molar-refractivity contribution in [3.05, 3.63) is 29.8 Å². The minimum Gasteiger partial charge on any atom is -0.496 e. The molecule has 2 N–H and O–H groups in total. The highest BCUT2D eigenvalue weighted by Gasteiger charge is 2.09. The number of nitrogens with zero attached hydrogens (tertiary/aromatic N) is 1. The Labute approximate surface area is 89.9 Å². The summed E-state index contributed by atoms with van der Waals surface area (Å²) in [5.74, 6) is 0.741. The van der Waals surface area contributed by atoms with E-state index in [0.717, 1.165) is 11.3 Å². The summed E-state index contributed by atoms with van der Waals surface area (Å²) in [7, 11) is 1.60. The van der Waals surface area contributed by atoms with Crippen molar-refractivity contribution in [2.24, 2.45) is 5.73 Å². The molecule has 1 atom stereocenters. The van der Waals surface area contributed by atoms with Crippen LogP contribution in [0.5, 0.6) is 5.75 Å². The molecule has 0 radical (unpaired) electrons. The highest BCUT2D eigenvalue weighted by molar-refractivity contribution is 5.85. The lowest BCUT2D eigenvalue weighted by atomic mass is 10.0. The van der Waals surface area contributed by atoms with Crippen molar-refractivity contribution in [3.63, 3.8) is 0 Å². The smallest absolute Gasteiger partial charge is 0.123 e. The van der Waals surface area contributed by atoms with Crippen LogP contribution in [0, 0.1) is 11.3 Å². The third-order valence-corrected chi connectivity index (χ3v) is 1.85. The number of hydrogen-bond acceptors (Lipinski definition) is 3. The molecule has 1 aromatic carbocycles. The summed E-state index contributed by atoms with van der Waals surface area (Å²) in [5, 5.41) is 8.49. The zero-order valence-electron chi connectivity index (χ0n) is 7.93. The molecule has 0 bridgehead atoms. The van der Waals surface area contributed by atoms with Crippen LogP contribution in [-0.4, -0.2) is 7.11 Å². The Bertz CT molecular complexity index is 322. The molecular weight excluding hydrogens is 200 g/mol. The maximum atomic E-state index is 8.49. The fourth-order valence-corrected chi connectivity index (χ4v) is 1.18. The quantitative estimate of drug-likeness (QED) is 0.834. The summed E-state index contributed by atoms with van der Waals surface area (Å²) in [6, 6.07) is 9.25. The number of hydrogen-bond donors (Lipinski definition) is 1. The van der Waals surface area contributed by atoms with Gasteiger partial charge in [0.15, 0.2) is 0 Å². The van der Waals surface area contributed by atoms with Crippen molar-refractivity contribution in [1.29, 1.82) is 5.26 Å². The molecule has 0 aromatic heterocycles. The minimum atomic E-state index is -0.263. The third-order valence-electron chi connectivity index (χ3n) is 1.85. The maximum Gasteiger partial charge on any atom is 0.123 e. The van der Waals surface area contributed by atoms with Gasteiger partial charge >= 0.3 is 0 Å². The Morgan fingerprint density at radius 1 is 1.50 bits per heavy atom. The van der Waals surface area contributed by atoms with Gasteiger partial charge in [-0.1, -0.05) is 18.2 Å². The molecule has 1 rings (SSSR count). The third kappa shape index (κ3) is 2.91. The number of halogens is 1. The monoisotopic (exact) mass is 212 g/mol. The van der Waals surface area contributed by atoms with E-state index in [2.05, 4.69) is 0 Å². The van der Waals surface area contributed by atoms with E-state index in [4.69, 9.17) is 15.7 Å². The topological polar surface area (TPSA) is 59.0 Å². The van der Waals surface area contributed by atoms with Gasteiger partial charge in [0.05, 0.1) is 19.6 Å². The van der Waals surface area contributed by atoms with Crippen molar-refractivity contribution in [2.45, 2.75) is 12.5 Å². The average molecular weight is 213 g/mol. The van der Waals surface area contributed by atoms with Crippen LogP contribution in [0.15, 0.2) is 24.3 Å². The lowest BCUT2D eigenvalue weighted by Gasteiger charge is -2.12. The minimum absolute atomic E-state index is 0. The van der Waals surface area contributed by atoms with Gasteiger partial charge in [-0.3, -0.25) is 0 Å². The van der Waals surface area contributed by atoms with Gasteiger partial charge in [-0.25, -0.2) is 0 Å². The summed E-state index contributed by atoms with van der Waals surface area (Å²) in [6.07, 6.45) is 0.306. The molecule has 76 valence electrons. The zero-order chi connectivity index (χ0) is 9.68. The number of ether oxygens (including phenoxy) is 1. The van der Waals surface area contributed by atoms with Crippen LogP contribution in [0.2, 0.25) is 0 Å². The lowest BCUT2D eigenvalue weighted by Crippen LogP contribution is -2.10. The van der Waals surface area contributed by atoms with Crippen LogP contribution in [-0.2, 0) is 0 Å². The van der Waals surface area contributed by atoms with E-state index in [1.54, 1.807) is 7.11 Å². The molecular formula is C10H13ClN2O. The van der Waals surface area contributed by atoms with E-state index in [-0.39, 0.29) is 18.4 Å². The fourth-order valence-electron chi connectivity index (χ4n) is 1.18. The number of para-hydroxylation sites is 1. The Kier molecular flexibility index (Phi) is 5.70. The Morgan fingerprint density at radius 2 is 2.14 bits per heavy atom. The van der Waals surface area contributed by atoms with Gasteiger partial charge in [0.2, 0.25) is 0 Å². The van der Waals surface area contributed by atoms with E-state index >= 15 is 0 Å². The maximum absolute atomic E-state index is 8.49. The second-order valence-corrected chi connectivity index (χ2v) is 2.71. The van der Waals surface area contributed by atoms with Crippen LogP contribution < -0.4 is 10.5 Å². The molecule has 0 amide bonds. The molecule has 0 fully saturated rings. The molecule has 0 heterocycles. The molecule has 0 aliphatic rings. The highest BCUT2D eigenvalue weighted by Crippen LogP contribution is 2.24. The van der Waals surface area contributed by atoms with Gasteiger partial charge in [-0.15, -0.1) is 12.4 Å². The SMILES string of the molecule is COc1ccccc1[C@H](N)CC#N.Cl. The van der Waals surface area contributed by atoms with Gasteiger partial charge in [0.1, 0.15) is 5.75 Å². The fraction of sp³-hybridized carbons (Fsp3) is 0.300. The van der Waals surface area contributed by atoms with Gasteiger partial charge in [0.25, 0.3) is 0 Å². The zero-order valence-corrected chi connectivity index (χ0v) is 8.75. The van der Waals surface area contributed by atoms with Crippen LogP contribution in [0.25, 0.3) is 0 Å².